The topological polar surface area (TPSA) is 174 Å². The highest BCUT2D eigenvalue weighted by Gasteiger charge is 2.54. The van der Waals surface area contributed by atoms with Crippen LogP contribution in [0, 0.1) is 11.8 Å². The van der Waals surface area contributed by atoms with Crippen molar-refractivity contribution in [2.75, 3.05) is 0 Å². The summed E-state index contributed by atoms with van der Waals surface area (Å²) in [6, 6.07) is 16.2. The van der Waals surface area contributed by atoms with Gasteiger partial charge in [0.1, 0.15) is 46.0 Å². The van der Waals surface area contributed by atoms with Gasteiger partial charge in [-0.25, -0.2) is 0 Å². The number of phenolic OH excluding ortho intramolecular Hbond substituents is 6. The first kappa shape index (κ1) is 24.9. The van der Waals surface area contributed by atoms with Gasteiger partial charge in [-0.3, -0.25) is 9.59 Å². The second kappa shape index (κ2) is 9.12. The normalized spacial score (nSPS) is 21.6. The molecule has 10 nitrogen and oxygen atoms in total. The molecule has 2 aliphatic heterocycles. The molecule has 4 aromatic rings. The van der Waals surface area contributed by atoms with E-state index in [1.165, 1.54) is 60.7 Å². The highest BCUT2D eigenvalue weighted by atomic mass is 16.5. The van der Waals surface area contributed by atoms with E-state index in [0.29, 0.717) is 11.1 Å². The maximum Gasteiger partial charge on any atom is 0.316 e. The van der Waals surface area contributed by atoms with E-state index in [9.17, 15) is 40.2 Å². The van der Waals surface area contributed by atoms with Crippen molar-refractivity contribution < 1.29 is 49.7 Å². The van der Waals surface area contributed by atoms with Crippen molar-refractivity contribution in [3.8, 4) is 46.0 Å². The number of ether oxygens (including phenoxy) is 2. The number of rotatable bonds is 3. The molecule has 6 rings (SSSR count). The summed E-state index contributed by atoms with van der Waals surface area (Å²) in [5.74, 6) is -8.18. The first-order valence-corrected chi connectivity index (χ1v) is 12.3. The van der Waals surface area contributed by atoms with E-state index in [1.54, 1.807) is 0 Å². The molecule has 0 unspecified atom stereocenters. The Kier molecular flexibility index (Phi) is 5.69. The van der Waals surface area contributed by atoms with Crippen molar-refractivity contribution in [3.05, 3.63) is 95.1 Å². The maximum absolute atomic E-state index is 13.8. The molecule has 0 fully saturated rings. The van der Waals surface area contributed by atoms with Crippen LogP contribution in [0.2, 0.25) is 0 Å². The lowest BCUT2D eigenvalue weighted by Crippen LogP contribution is -2.46. The molecule has 0 aliphatic carbocycles. The molecule has 0 saturated heterocycles. The van der Waals surface area contributed by atoms with Crippen LogP contribution in [0.15, 0.2) is 72.8 Å². The van der Waals surface area contributed by atoms with E-state index >= 15 is 0 Å². The smallest absolute Gasteiger partial charge is 0.316 e. The summed E-state index contributed by atoms with van der Waals surface area (Å²) >= 11 is 0. The summed E-state index contributed by atoms with van der Waals surface area (Å²) in [6.07, 6.45) is 0. The lowest BCUT2D eigenvalue weighted by atomic mass is 9.65. The predicted octanol–water partition coefficient (Wildman–Crippen LogP) is 3.95. The molecule has 0 aromatic heterocycles. The third-order valence-corrected chi connectivity index (χ3v) is 7.41. The molecule has 0 spiro atoms. The molecule has 0 saturated carbocycles. The van der Waals surface area contributed by atoms with Crippen molar-refractivity contribution in [2.45, 2.75) is 11.8 Å². The monoisotopic (exact) mass is 542 g/mol. The zero-order valence-electron chi connectivity index (χ0n) is 20.6. The van der Waals surface area contributed by atoms with Crippen LogP contribution in [0.5, 0.6) is 46.0 Å². The molecule has 6 N–H and O–H groups in total. The Morgan fingerprint density at radius 2 is 0.825 bits per heavy atom. The summed E-state index contributed by atoms with van der Waals surface area (Å²) in [7, 11) is 0. The van der Waals surface area contributed by atoms with Gasteiger partial charge in [0, 0.05) is 47.2 Å². The van der Waals surface area contributed by atoms with Crippen LogP contribution in [0.25, 0.3) is 0 Å². The molecule has 4 atom stereocenters. The number of aromatic hydroxyl groups is 6. The summed E-state index contributed by atoms with van der Waals surface area (Å²) in [5, 5.41) is 61.8. The van der Waals surface area contributed by atoms with Gasteiger partial charge < -0.3 is 40.1 Å². The first-order chi connectivity index (χ1) is 19.1. The van der Waals surface area contributed by atoms with Crippen molar-refractivity contribution in [1.29, 1.82) is 0 Å². The van der Waals surface area contributed by atoms with Crippen LogP contribution in [-0.4, -0.2) is 42.6 Å². The van der Waals surface area contributed by atoms with Crippen molar-refractivity contribution >= 4 is 11.9 Å². The number of phenols is 6. The van der Waals surface area contributed by atoms with Crippen LogP contribution < -0.4 is 9.47 Å². The van der Waals surface area contributed by atoms with Crippen molar-refractivity contribution in [3.63, 3.8) is 0 Å². The largest absolute Gasteiger partial charge is 0.508 e. The number of hydrogen-bond donors (Lipinski definition) is 6. The van der Waals surface area contributed by atoms with Crippen LogP contribution in [-0.2, 0) is 9.59 Å². The van der Waals surface area contributed by atoms with Gasteiger partial charge in [0.25, 0.3) is 0 Å². The predicted molar refractivity (Wildman–Crippen MR) is 138 cm³/mol. The third-order valence-electron chi connectivity index (χ3n) is 7.41. The van der Waals surface area contributed by atoms with Gasteiger partial charge in [-0.05, 0) is 35.4 Å². The van der Waals surface area contributed by atoms with Gasteiger partial charge in [0.15, 0.2) is 0 Å². The third kappa shape index (κ3) is 3.97. The summed E-state index contributed by atoms with van der Waals surface area (Å²) < 4.78 is 11.1. The molecule has 0 bridgehead atoms. The Bertz CT molecular complexity index is 1530. The Morgan fingerprint density at radius 1 is 0.475 bits per heavy atom. The van der Waals surface area contributed by atoms with E-state index in [0.717, 1.165) is 12.1 Å². The molecule has 10 heteroatoms. The summed E-state index contributed by atoms with van der Waals surface area (Å²) in [5.41, 5.74) is 1.15. The van der Waals surface area contributed by atoms with Crippen molar-refractivity contribution in [2.24, 2.45) is 11.8 Å². The Morgan fingerprint density at radius 3 is 1.18 bits per heavy atom. The fraction of sp³-hybridized carbons (Fsp3) is 0.133. The fourth-order valence-electron chi connectivity index (χ4n) is 5.79. The van der Waals surface area contributed by atoms with Crippen molar-refractivity contribution in [1.82, 2.24) is 0 Å². The zero-order chi connectivity index (χ0) is 28.3. The van der Waals surface area contributed by atoms with E-state index in [1.807, 2.05) is 0 Å². The SMILES string of the molecule is O=C1Oc2cc(O)cc(O)c2[C@H](c2ccc(O)cc2)[C@@H]1[C@H]1C(=O)Oc2cc(O)cc(O)c2[C@@H]1c1ccc(O)cc1. The van der Waals surface area contributed by atoms with Crippen LogP contribution in [0.4, 0.5) is 0 Å². The number of carbonyl (C=O) groups excluding carboxylic acids is 2. The van der Waals surface area contributed by atoms with Gasteiger partial charge in [0.05, 0.1) is 11.8 Å². The maximum atomic E-state index is 13.8. The average molecular weight is 542 g/mol. The van der Waals surface area contributed by atoms with Gasteiger partial charge in [-0.1, -0.05) is 24.3 Å². The molecule has 2 aliphatic rings. The second-order valence-corrected chi connectivity index (χ2v) is 9.79. The molecule has 202 valence electrons. The van der Waals surface area contributed by atoms with E-state index in [4.69, 9.17) is 9.47 Å². The first-order valence-electron chi connectivity index (χ1n) is 12.3. The van der Waals surface area contributed by atoms with E-state index in [2.05, 4.69) is 0 Å². The van der Waals surface area contributed by atoms with Gasteiger partial charge in [-0.15, -0.1) is 0 Å². The lowest BCUT2D eigenvalue weighted by molar-refractivity contribution is -0.154. The molecule has 40 heavy (non-hydrogen) atoms. The Labute approximate surface area is 226 Å². The molecule has 2 heterocycles. The van der Waals surface area contributed by atoms with Gasteiger partial charge >= 0.3 is 11.9 Å². The van der Waals surface area contributed by atoms with Crippen LogP contribution in [0.1, 0.15) is 34.1 Å². The Balaban J connectivity index is 1.62. The van der Waals surface area contributed by atoms with Gasteiger partial charge in [0.2, 0.25) is 0 Å². The molecule has 0 radical (unpaired) electrons. The molecular formula is C30H22O10. The minimum atomic E-state index is -1.33. The molecular weight excluding hydrogens is 520 g/mol. The number of carbonyl (C=O) groups is 2. The lowest BCUT2D eigenvalue weighted by Gasteiger charge is -2.41. The minimum absolute atomic E-state index is 0.0495. The highest BCUT2D eigenvalue weighted by Crippen LogP contribution is 2.57. The Hall–Kier alpha value is -5.38. The fourth-order valence-corrected chi connectivity index (χ4v) is 5.79. The van der Waals surface area contributed by atoms with Gasteiger partial charge in [-0.2, -0.15) is 0 Å². The summed E-state index contributed by atoms with van der Waals surface area (Å²) in [6.45, 7) is 0. The number of benzene rings is 4. The highest BCUT2D eigenvalue weighted by molar-refractivity contribution is 5.91. The van der Waals surface area contributed by atoms with E-state index in [-0.39, 0.29) is 57.1 Å². The van der Waals surface area contributed by atoms with Crippen LogP contribution >= 0.6 is 0 Å². The zero-order valence-corrected chi connectivity index (χ0v) is 20.6. The second-order valence-electron chi connectivity index (χ2n) is 9.79. The standard InChI is InChI=1S/C30H22O10/c31-15-5-1-13(2-6-15)23-25-19(35)9-17(33)11-21(25)39-29(37)27(23)28-24(14-3-7-16(32)8-4-14)26-20(36)10-18(34)12-22(26)40-30(28)38/h1-12,23-24,27-28,31-36H/t23-,24-,27-,28+/m0/s1. The minimum Gasteiger partial charge on any atom is -0.508 e. The van der Waals surface area contributed by atoms with Crippen LogP contribution in [0.3, 0.4) is 0 Å². The van der Waals surface area contributed by atoms with E-state index < -0.39 is 35.6 Å². The molecule has 4 aromatic carbocycles. The number of hydrogen-bond acceptors (Lipinski definition) is 10. The quantitative estimate of drug-likeness (QED) is 0.164. The number of fused-ring (bicyclic) bond motifs is 2. The summed E-state index contributed by atoms with van der Waals surface area (Å²) in [4.78, 5) is 27.5. The number of esters is 2. The molecule has 0 amide bonds. The average Bonchev–Trinajstić information content (AvgIpc) is 2.88.